The van der Waals surface area contributed by atoms with Crippen LogP contribution in [0.1, 0.15) is 21.5 Å². The van der Waals surface area contributed by atoms with E-state index in [0.29, 0.717) is 11.6 Å². The third-order valence-corrected chi connectivity index (χ3v) is 2.61. The summed E-state index contributed by atoms with van der Waals surface area (Å²) in [6.45, 7) is 1.79. The van der Waals surface area contributed by atoms with Crippen LogP contribution in [0.3, 0.4) is 0 Å². The molecule has 0 aliphatic carbocycles. The lowest BCUT2D eigenvalue weighted by Crippen LogP contribution is -2.09. The van der Waals surface area contributed by atoms with E-state index in [4.69, 9.17) is 10.5 Å². The minimum atomic E-state index is -1.01. The fraction of sp³-hybridized carbons (Fsp3) is 0.143. The number of pyridine rings is 1. The molecule has 0 spiro atoms. The number of rotatable bonds is 3. The fourth-order valence-corrected chi connectivity index (χ4v) is 1.65. The van der Waals surface area contributed by atoms with Crippen LogP contribution in [-0.2, 0) is 11.3 Å². The van der Waals surface area contributed by atoms with E-state index in [1.165, 1.54) is 6.20 Å². The normalized spacial score (nSPS) is 10.3. The van der Waals surface area contributed by atoms with E-state index in [2.05, 4.69) is 4.98 Å². The number of carbonyl (C=O) groups excluding carboxylic acids is 1. The zero-order chi connectivity index (χ0) is 14.7. The first-order valence-electron chi connectivity index (χ1n) is 5.79. The molecule has 0 radical (unpaired) electrons. The maximum absolute atomic E-state index is 13.5. The molecule has 0 fully saturated rings. The molecule has 104 valence electrons. The molecule has 20 heavy (non-hydrogen) atoms. The minimum Gasteiger partial charge on any atom is -0.457 e. The van der Waals surface area contributed by atoms with Crippen LogP contribution in [-0.4, -0.2) is 11.0 Å². The van der Waals surface area contributed by atoms with Crippen LogP contribution in [0.5, 0.6) is 0 Å². The highest BCUT2D eigenvalue weighted by Crippen LogP contribution is 2.18. The van der Waals surface area contributed by atoms with Gasteiger partial charge in [0.2, 0.25) is 0 Å². The average molecular weight is 278 g/mol. The molecule has 1 aromatic heterocycles. The topological polar surface area (TPSA) is 65.2 Å². The second kappa shape index (κ2) is 5.64. The SMILES string of the molecule is Cc1cncc(COC(=O)c2cc(N)c(F)cc2F)c1. The first-order chi connectivity index (χ1) is 9.47. The molecule has 1 heterocycles. The van der Waals surface area contributed by atoms with Crippen LogP contribution in [0.4, 0.5) is 14.5 Å². The summed E-state index contributed by atoms with van der Waals surface area (Å²) in [5.41, 5.74) is 6.17. The lowest BCUT2D eigenvalue weighted by atomic mass is 10.2. The van der Waals surface area contributed by atoms with Crippen molar-refractivity contribution in [3.8, 4) is 0 Å². The largest absolute Gasteiger partial charge is 0.457 e. The molecule has 1 aromatic carbocycles. The van der Waals surface area contributed by atoms with Crippen molar-refractivity contribution < 1.29 is 18.3 Å². The van der Waals surface area contributed by atoms with Crippen LogP contribution in [0.15, 0.2) is 30.6 Å². The van der Waals surface area contributed by atoms with E-state index in [9.17, 15) is 13.6 Å². The molecule has 6 heteroatoms. The summed E-state index contributed by atoms with van der Waals surface area (Å²) in [6, 6.07) is 3.26. The maximum atomic E-state index is 13.5. The number of hydrogen-bond acceptors (Lipinski definition) is 4. The Balaban J connectivity index is 2.11. The van der Waals surface area contributed by atoms with Crippen LogP contribution in [0.25, 0.3) is 0 Å². The van der Waals surface area contributed by atoms with Crippen molar-refractivity contribution in [2.24, 2.45) is 0 Å². The highest BCUT2D eigenvalue weighted by Gasteiger charge is 2.16. The maximum Gasteiger partial charge on any atom is 0.341 e. The van der Waals surface area contributed by atoms with Gasteiger partial charge in [0.05, 0.1) is 11.3 Å². The Kier molecular flexibility index (Phi) is 3.93. The number of halogens is 2. The number of benzene rings is 1. The lowest BCUT2D eigenvalue weighted by Gasteiger charge is -2.07. The van der Waals surface area contributed by atoms with Crippen molar-refractivity contribution in [2.75, 3.05) is 5.73 Å². The standard InChI is InChI=1S/C14H12F2N2O2/c1-8-2-9(6-18-5-8)7-20-14(19)10-3-13(17)12(16)4-11(10)15/h2-6H,7,17H2,1H3. The Morgan fingerprint density at radius 1 is 1.25 bits per heavy atom. The number of aromatic nitrogens is 1. The minimum absolute atomic E-state index is 0.0514. The van der Waals surface area contributed by atoms with Gasteiger partial charge in [-0.05, 0) is 24.6 Å². The van der Waals surface area contributed by atoms with Crippen molar-refractivity contribution in [3.05, 3.63) is 58.9 Å². The Labute approximate surface area is 114 Å². The Morgan fingerprint density at radius 3 is 2.70 bits per heavy atom. The number of nitrogens with two attached hydrogens (primary N) is 1. The van der Waals surface area contributed by atoms with Crippen molar-refractivity contribution in [1.82, 2.24) is 4.98 Å². The van der Waals surface area contributed by atoms with Crippen molar-refractivity contribution in [1.29, 1.82) is 0 Å². The lowest BCUT2D eigenvalue weighted by molar-refractivity contribution is 0.0467. The van der Waals surface area contributed by atoms with E-state index in [-0.39, 0.29) is 12.3 Å². The van der Waals surface area contributed by atoms with Crippen molar-refractivity contribution in [3.63, 3.8) is 0 Å². The molecule has 0 atom stereocenters. The highest BCUT2D eigenvalue weighted by molar-refractivity contribution is 5.90. The van der Waals surface area contributed by atoms with Gasteiger partial charge in [-0.15, -0.1) is 0 Å². The molecular formula is C14H12F2N2O2. The molecule has 2 aromatic rings. The smallest absolute Gasteiger partial charge is 0.341 e. The van der Waals surface area contributed by atoms with Crippen LogP contribution in [0.2, 0.25) is 0 Å². The number of esters is 1. The zero-order valence-electron chi connectivity index (χ0n) is 10.7. The Bertz CT molecular complexity index is 660. The zero-order valence-corrected chi connectivity index (χ0v) is 10.7. The number of nitrogens with zero attached hydrogens (tertiary/aromatic N) is 1. The quantitative estimate of drug-likeness (QED) is 0.692. The van der Waals surface area contributed by atoms with Gasteiger partial charge in [0, 0.05) is 24.0 Å². The summed E-state index contributed by atoms with van der Waals surface area (Å²) in [6.07, 6.45) is 3.20. The molecule has 4 nitrogen and oxygen atoms in total. The first kappa shape index (κ1) is 13.9. The second-order valence-electron chi connectivity index (χ2n) is 4.30. The molecule has 0 unspecified atom stereocenters. The van der Waals surface area contributed by atoms with Gasteiger partial charge >= 0.3 is 5.97 Å². The third kappa shape index (κ3) is 3.09. The van der Waals surface area contributed by atoms with E-state index in [1.54, 1.807) is 12.3 Å². The van der Waals surface area contributed by atoms with Gasteiger partial charge in [-0.2, -0.15) is 0 Å². The number of nitrogen functional groups attached to an aromatic ring is 1. The monoisotopic (exact) mass is 278 g/mol. The van der Waals surface area contributed by atoms with E-state index >= 15 is 0 Å². The molecule has 0 bridgehead atoms. The fourth-order valence-electron chi connectivity index (χ4n) is 1.65. The summed E-state index contributed by atoms with van der Waals surface area (Å²) in [5, 5.41) is 0. The average Bonchev–Trinajstić information content (AvgIpc) is 2.40. The first-order valence-corrected chi connectivity index (χ1v) is 5.79. The van der Waals surface area contributed by atoms with Gasteiger partial charge in [0.15, 0.2) is 0 Å². The Hall–Kier alpha value is -2.50. The number of aryl methyl sites for hydroxylation is 1. The molecule has 0 saturated carbocycles. The summed E-state index contributed by atoms with van der Waals surface area (Å²) in [5.74, 6) is -2.83. The molecular weight excluding hydrogens is 266 g/mol. The van der Waals surface area contributed by atoms with Crippen molar-refractivity contribution in [2.45, 2.75) is 13.5 Å². The molecule has 0 saturated heterocycles. The van der Waals surface area contributed by atoms with Gasteiger partial charge in [0.1, 0.15) is 18.2 Å². The van der Waals surface area contributed by atoms with E-state index < -0.39 is 23.2 Å². The summed E-state index contributed by atoms with van der Waals surface area (Å²) in [4.78, 5) is 15.7. The summed E-state index contributed by atoms with van der Waals surface area (Å²) in [7, 11) is 0. The van der Waals surface area contributed by atoms with E-state index in [1.807, 2.05) is 6.92 Å². The van der Waals surface area contributed by atoms with Crippen LogP contribution in [0, 0.1) is 18.6 Å². The third-order valence-electron chi connectivity index (χ3n) is 2.61. The molecule has 0 amide bonds. The van der Waals surface area contributed by atoms with Crippen molar-refractivity contribution >= 4 is 11.7 Å². The molecule has 2 rings (SSSR count). The van der Waals surface area contributed by atoms with Gasteiger partial charge in [0.25, 0.3) is 0 Å². The summed E-state index contributed by atoms with van der Waals surface area (Å²) >= 11 is 0. The van der Waals surface area contributed by atoms with Gasteiger partial charge < -0.3 is 10.5 Å². The number of anilines is 1. The summed E-state index contributed by atoms with van der Waals surface area (Å²) < 4.78 is 31.4. The molecule has 2 N–H and O–H groups in total. The Morgan fingerprint density at radius 2 is 2.00 bits per heavy atom. The highest BCUT2D eigenvalue weighted by atomic mass is 19.1. The van der Waals surface area contributed by atoms with Gasteiger partial charge in [-0.3, -0.25) is 4.98 Å². The van der Waals surface area contributed by atoms with E-state index in [0.717, 1.165) is 11.6 Å². The number of ether oxygens (including phenoxy) is 1. The van der Waals surface area contributed by atoms with Gasteiger partial charge in [-0.25, -0.2) is 13.6 Å². The second-order valence-corrected chi connectivity index (χ2v) is 4.30. The van der Waals surface area contributed by atoms with Crippen LogP contribution < -0.4 is 5.73 Å². The predicted molar refractivity (Wildman–Crippen MR) is 68.9 cm³/mol. The number of hydrogen-bond donors (Lipinski definition) is 1. The van der Waals surface area contributed by atoms with Gasteiger partial charge in [-0.1, -0.05) is 0 Å². The predicted octanol–water partition coefficient (Wildman–Crippen LogP) is 2.61. The molecule has 0 aliphatic rings. The number of carbonyl (C=O) groups is 1. The molecule has 0 aliphatic heterocycles. The van der Waals surface area contributed by atoms with Crippen LogP contribution >= 0.6 is 0 Å².